The van der Waals surface area contributed by atoms with Gasteiger partial charge in [0.05, 0.1) is 23.2 Å². The van der Waals surface area contributed by atoms with Gasteiger partial charge in [-0.2, -0.15) is 0 Å². The van der Waals surface area contributed by atoms with Gasteiger partial charge in [-0.25, -0.2) is 0 Å². The van der Waals surface area contributed by atoms with Gasteiger partial charge in [-0.15, -0.1) is 0 Å². The fourth-order valence-corrected chi connectivity index (χ4v) is 3.91. The predicted octanol–water partition coefficient (Wildman–Crippen LogP) is 4.00. The van der Waals surface area contributed by atoms with Crippen molar-refractivity contribution < 1.29 is 18.8 Å². The summed E-state index contributed by atoms with van der Waals surface area (Å²) >= 11 is 0. The fraction of sp³-hybridized carbons (Fsp3) is 0.682. The Kier molecular flexibility index (Phi) is 5.48. The summed E-state index contributed by atoms with van der Waals surface area (Å²) in [6, 6.07) is 8.19. The van der Waals surface area contributed by atoms with Gasteiger partial charge in [0.25, 0.3) is 0 Å². The molecule has 1 heterocycles. The lowest BCUT2D eigenvalue weighted by Crippen LogP contribution is -2.41. The molecule has 4 nitrogen and oxygen atoms in total. The Morgan fingerprint density at radius 3 is 2.04 bits per heavy atom. The van der Waals surface area contributed by atoms with Crippen LogP contribution in [0.15, 0.2) is 24.3 Å². The highest BCUT2D eigenvalue weighted by atomic mass is 16.7. The van der Waals surface area contributed by atoms with Gasteiger partial charge >= 0.3 is 13.1 Å². The minimum atomic E-state index is -0.497. The third-order valence-electron chi connectivity index (χ3n) is 6.38. The molecular weight excluding hydrogens is 339 g/mol. The fourth-order valence-electron chi connectivity index (χ4n) is 3.91. The van der Waals surface area contributed by atoms with Crippen LogP contribution in [0.5, 0.6) is 0 Å². The minimum Gasteiger partial charge on any atom is -0.465 e. The molecule has 1 aromatic rings. The van der Waals surface area contributed by atoms with E-state index in [1.165, 1.54) is 0 Å². The Morgan fingerprint density at radius 2 is 1.56 bits per heavy atom. The maximum Gasteiger partial charge on any atom is 0.494 e. The SMILES string of the molecule is CC(C)COC(=O)C1(c2ccc(B3OC(C)(C)C(C)(C)O3)cc2)CCCC1. The number of esters is 1. The molecule has 5 heteroatoms. The van der Waals surface area contributed by atoms with Gasteiger partial charge in [0, 0.05) is 0 Å². The van der Waals surface area contributed by atoms with Crippen LogP contribution in [0.25, 0.3) is 0 Å². The Morgan fingerprint density at radius 1 is 1.04 bits per heavy atom. The van der Waals surface area contributed by atoms with Gasteiger partial charge in [-0.1, -0.05) is 51.0 Å². The lowest BCUT2D eigenvalue weighted by molar-refractivity contribution is -0.151. The third-order valence-corrected chi connectivity index (χ3v) is 6.38. The van der Waals surface area contributed by atoms with Gasteiger partial charge in [-0.05, 0) is 57.5 Å². The van der Waals surface area contributed by atoms with Crippen molar-refractivity contribution in [2.45, 2.75) is 83.8 Å². The van der Waals surface area contributed by atoms with E-state index in [0.717, 1.165) is 36.7 Å². The molecule has 2 fully saturated rings. The molecule has 1 aliphatic heterocycles. The Bertz CT molecular complexity index is 656. The predicted molar refractivity (Wildman–Crippen MR) is 108 cm³/mol. The molecule has 0 spiro atoms. The van der Waals surface area contributed by atoms with Crippen LogP contribution in [-0.2, 0) is 24.3 Å². The molecule has 27 heavy (non-hydrogen) atoms. The van der Waals surface area contributed by atoms with Crippen LogP contribution < -0.4 is 5.46 Å². The van der Waals surface area contributed by atoms with E-state index in [1.807, 2.05) is 12.1 Å². The van der Waals surface area contributed by atoms with Crippen molar-refractivity contribution in [3.05, 3.63) is 29.8 Å². The Labute approximate surface area is 164 Å². The van der Waals surface area contributed by atoms with Crippen LogP contribution in [0, 0.1) is 5.92 Å². The van der Waals surface area contributed by atoms with Crippen molar-refractivity contribution in [1.29, 1.82) is 0 Å². The molecule has 1 saturated heterocycles. The molecule has 0 N–H and O–H groups in total. The maximum atomic E-state index is 12.9. The van der Waals surface area contributed by atoms with E-state index in [0.29, 0.717) is 12.5 Å². The molecule has 2 aliphatic rings. The van der Waals surface area contributed by atoms with Gasteiger partial charge in [0.15, 0.2) is 0 Å². The van der Waals surface area contributed by atoms with E-state index in [-0.39, 0.29) is 24.3 Å². The summed E-state index contributed by atoms with van der Waals surface area (Å²) in [5, 5.41) is 0. The molecule has 0 unspecified atom stereocenters. The lowest BCUT2D eigenvalue weighted by Gasteiger charge is -2.32. The van der Waals surface area contributed by atoms with Crippen molar-refractivity contribution in [2.24, 2.45) is 5.92 Å². The molecule has 0 aromatic heterocycles. The van der Waals surface area contributed by atoms with Crippen molar-refractivity contribution in [1.82, 2.24) is 0 Å². The van der Waals surface area contributed by atoms with E-state index in [9.17, 15) is 4.79 Å². The second-order valence-electron chi connectivity index (χ2n) is 9.49. The summed E-state index contributed by atoms with van der Waals surface area (Å²) in [4.78, 5) is 12.9. The quantitative estimate of drug-likeness (QED) is 0.579. The third kappa shape index (κ3) is 3.81. The van der Waals surface area contributed by atoms with Crippen LogP contribution >= 0.6 is 0 Å². The first-order chi connectivity index (χ1) is 12.6. The van der Waals surface area contributed by atoms with Crippen molar-refractivity contribution in [3.8, 4) is 0 Å². The summed E-state index contributed by atoms with van der Waals surface area (Å²) in [7, 11) is -0.378. The zero-order valence-electron chi connectivity index (χ0n) is 17.6. The average Bonchev–Trinajstić information content (AvgIpc) is 3.17. The molecule has 1 aromatic carbocycles. The molecule has 1 saturated carbocycles. The average molecular weight is 372 g/mol. The number of rotatable bonds is 5. The highest BCUT2D eigenvalue weighted by molar-refractivity contribution is 6.62. The first-order valence-corrected chi connectivity index (χ1v) is 10.2. The minimum absolute atomic E-state index is 0.0721. The maximum absolute atomic E-state index is 12.9. The number of ether oxygens (including phenoxy) is 1. The molecule has 1 aliphatic carbocycles. The van der Waals surface area contributed by atoms with Crippen LogP contribution in [-0.4, -0.2) is 30.9 Å². The topological polar surface area (TPSA) is 44.8 Å². The summed E-state index contributed by atoms with van der Waals surface area (Å²) in [6.07, 6.45) is 3.85. The number of carbonyl (C=O) groups is 1. The van der Waals surface area contributed by atoms with Gasteiger partial charge in [0.2, 0.25) is 0 Å². The van der Waals surface area contributed by atoms with Gasteiger partial charge < -0.3 is 14.0 Å². The summed E-state index contributed by atoms with van der Waals surface area (Å²) in [5.74, 6) is 0.273. The van der Waals surface area contributed by atoms with E-state index in [1.54, 1.807) is 0 Å². The summed E-state index contributed by atoms with van der Waals surface area (Å²) in [5.41, 5.74) is 0.826. The summed E-state index contributed by atoms with van der Waals surface area (Å²) in [6.45, 7) is 12.8. The number of hydrogen-bond acceptors (Lipinski definition) is 4. The highest BCUT2D eigenvalue weighted by Crippen LogP contribution is 2.42. The van der Waals surface area contributed by atoms with Crippen LogP contribution in [0.3, 0.4) is 0 Å². The molecule has 148 valence electrons. The molecule has 0 radical (unpaired) electrons. The second-order valence-corrected chi connectivity index (χ2v) is 9.49. The highest BCUT2D eigenvalue weighted by Gasteiger charge is 2.52. The molecule has 0 atom stereocenters. The largest absolute Gasteiger partial charge is 0.494 e. The monoisotopic (exact) mass is 372 g/mol. The number of carbonyl (C=O) groups excluding carboxylic acids is 1. The second kappa shape index (κ2) is 7.25. The zero-order valence-corrected chi connectivity index (χ0v) is 17.6. The Balaban J connectivity index is 1.80. The lowest BCUT2D eigenvalue weighted by atomic mass is 9.74. The van der Waals surface area contributed by atoms with Crippen LogP contribution in [0.4, 0.5) is 0 Å². The first-order valence-electron chi connectivity index (χ1n) is 10.2. The molecule has 0 bridgehead atoms. The first kappa shape index (κ1) is 20.4. The van der Waals surface area contributed by atoms with Crippen molar-refractivity contribution in [3.63, 3.8) is 0 Å². The Hall–Kier alpha value is -1.33. The van der Waals surface area contributed by atoms with Gasteiger partial charge in [0.1, 0.15) is 0 Å². The van der Waals surface area contributed by atoms with Gasteiger partial charge in [-0.3, -0.25) is 4.79 Å². The molecule has 3 rings (SSSR count). The van der Waals surface area contributed by atoms with Crippen LogP contribution in [0.2, 0.25) is 0 Å². The zero-order chi connectivity index (χ0) is 19.9. The number of hydrogen-bond donors (Lipinski definition) is 0. The van der Waals surface area contributed by atoms with Crippen molar-refractivity contribution in [2.75, 3.05) is 6.61 Å². The standard InChI is InChI=1S/C22H33BO4/c1-16(2)15-25-19(24)22(13-7-8-14-22)17-9-11-18(12-10-17)23-26-20(3,4)21(5,6)27-23/h9-12,16H,7-8,13-15H2,1-6H3. The molecular formula is C22H33BO4. The summed E-state index contributed by atoms with van der Waals surface area (Å²) < 4.78 is 17.9. The van der Waals surface area contributed by atoms with E-state index < -0.39 is 5.41 Å². The van der Waals surface area contributed by atoms with Crippen molar-refractivity contribution >= 4 is 18.6 Å². The molecule has 0 amide bonds. The van der Waals surface area contributed by atoms with E-state index >= 15 is 0 Å². The van der Waals surface area contributed by atoms with E-state index in [4.69, 9.17) is 14.0 Å². The van der Waals surface area contributed by atoms with Crippen LogP contribution in [0.1, 0.15) is 72.8 Å². The number of benzene rings is 1. The van der Waals surface area contributed by atoms with E-state index in [2.05, 4.69) is 53.7 Å². The smallest absolute Gasteiger partial charge is 0.465 e. The normalized spacial score (nSPS) is 23.0.